The molecule has 0 radical (unpaired) electrons. The van der Waals surface area contributed by atoms with Crippen LogP contribution in [0.4, 0.5) is 0 Å². The van der Waals surface area contributed by atoms with Crippen molar-refractivity contribution in [2.45, 2.75) is 44.2 Å². The molecule has 5 heteroatoms. The van der Waals surface area contributed by atoms with Gasteiger partial charge >= 0.3 is 0 Å². The van der Waals surface area contributed by atoms with Crippen LogP contribution in [-0.2, 0) is 9.59 Å². The Morgan fingerprint density at radius 2 is 2.24 bits per heavy atom. The molecule has 1 aliphatic carbocycles. The van der Waals surface area contributed by atoms with Crippen molar-refractivity contribution in [3.05, 3.63) is 0 Å². The highest BCUT2D eigenvalue weighted by Crippen LogP contribution is 2.26. The van der Waals surface area contributed by atoms with Crippen molar-refractivity contribution < 1.29 is 14.7 Å². The molecule has 2 unspecified atom stereocenters. The van der Waals surface area contributed by atoms with Crippen molar-refractivity contribution >= 4 is 11.8 Å². The minimum absolute atomic E-state index is 0.0325. The van der Waals surface area contributed by atoms with Gasteiger partial charge in [-0.25, -0.2) is 0 Å². The summed E-state index contributed by atoms with van der Waals surface area (Å²) in [5.41, 5.74) is 0. The van der Waals surface area contributed by atoms with E-state index in [1.54, 1.807) is 11.9 Å². The maximum atomic E-state index is 12.0. The summed E-state index contributed by atoms with van der Waals surface area (Å²) < 4.78 is 0. The van der Waals surface area contributed by atoms with E-state index in [9.17, 15) is 14.7 Å². The number of amides is 2. The molecule has 2 amide bonds. The molecule has 1 heterocycles. The van der Waals surface area contributed by atoms with Crippen LogP contribution >= 0.6 is 0 Å². The Morgan fingerprint density at radius 1 is 1.47 bits per heavy atom. The van der Waals surface area contributed by atoms with Crippen LogP contribution in [0.25, 0.3) is 0 Å². The van der Waals surface area contributed by atoms with Gasteiger partial charge in [-0.2, -0.15) is 0 Å². The molecule has 0 spiro atoms. The largest absolute Gasteiger partial charge is 0.393 e. The number of aliphatic hydroxyl groups is 1. The predicted octanol–water partition coefficient (Wildman–Crippen LogP) is -0.116. The fourth-order valence-corrected chi connectivity index (χ4v) is 2.74. The molecule has 1 aliphatic heterocycles. The predicted molar refractivity (Wildman–Crippen MR) is 62.1 cm³/mol. The fraction of sp³-hybridized carbons (Fsp3) is 0.833. The standard InChI is InChI=1S/C12H20N2O3/c1-14(7-8-3-2-4-10(8)15)12(17)9-5-6-11(16)13-9/h8-10,15H,2-7H2,1H3,(H,13,16)/t8?,9-,10?/m1/s1. The number of hydrogen-bond acceptors (Lipinski definition) is 3. The summed E-state index contributed by atoms with van der Waals surface area (Å²) in [6.07, 6.45) is 3.62. The van der Waals surface area contributed by atoms with E-state index in [1.165, 1.54) is 0 Å². The first kappa shape index (κ1) is 12.4. The minimum atomic E-state index is -0.356. The average Bonchev–Trinajstić information content (AvgIpc) is 2.88. The zero-order valence-corrected chi connectivity index (χ0v) is 10.2. The fourth-order valence-electron chi connectivity index (χ4n) is 2.74. The number of carbonyl (C=O) groups excluding carboxylic acids is 2. The Morgan fingerprint density at radius 3 is 2.76 bits per heavy atom. The lowest BCUT2D eigenvalue weighted by Crippen LogP contribution is -2.45. The zero-order valence-electron chi connectivity index (χ0n) is 10.2. The van der Waals surface area contributed by atoms with Crippen molar-refractivity contribution in [1.29, 1.82) is 0 Å². The SMILES string of the molecule is CN(CC1CCCC1O)C(=O)[C@H]1CCC(=O)N1. The van der Waals surface area contributed by atoms with Crippen LogP contribution in [0.1, 0.15) is 32.1 Å². The number of carbonyl (C=O) groups is 2. The summed E-state index contributed by atoms with van der Waals surface area (Å²) in [5.74, 6) is 0.119. The highest BCUT2D eigenvalue weighted by molar-refractivity contribution is 5.90. The van der Waals surface area contributed by atoms with E-state index in [0.717, 1.165) is 19.3 Å². The lowest BCUT2D eigenvalue weighted by atomic mass is 10.1. The summed E-state index contributed by atoms with van der Waals surface area (Å²) >= 11 is 0. The van der Waals surface area contributed by atoms with E-state index in [2.05, 4.69) is 5.32 Å². The molecule has 2 rings (SSSR count). The van der Waals surface area contributed by atoms with Gasteiger partial charge in [0.15, 0.2) is 0 Å². The van der Waals surface area contributed by atoms with Gasteiger partial charge in [0.1, 0.15) is 6.04 Å². The lowest BCUT2D eigenvalue weighted by Gasteiger charge is -2.25. The Hall–Kier alpha value is -1.10. The maximum Gasteiger partial charge on any atom is 0.244 e. The lowest BCUT2D eigenvalue weighted by molar-refractivity contribution is -0.134. The molecule has 17 heavy (non-hydrogen) atoms. The van der Waals surface area contributed by atoms with Crippen molar-refractivity contribution in [1.82, 2.24) is 10.2 Å². The van der Waals surface area contributed by atoms with E-state index in [1.807, 2.05) is 0 Å². The van der Waals surface area contributed by atoms with Crippen molar-refractivity contribution in [3.63, 3.8) is 0 Å². The first-order chi connectivity index (χ1) is 8.08. The van der Waals surface area contributed by atoms with Crippen LogP contribution in [0.15, 0.2) is 0 Å². The summed E-state index contributed by atoms with van der Waals surface area (Å²) in [4.78, 5) is 24.7. The van der Waals surface area contributed by atoms with E-state index in [0.29, 0.717) is 19.4 Å². The molecular formula is C12H20N2O3. The van der Waals surface area contributed by atoms with Crippen molar-refractivity contribution in [3.8, 4) is 0 Å². The number of nitrogens with one attached hydrogen (secondary N) is 1. The molecule has 2 N–H and O–H groups in total. The van der Waals surface area contributed by atoms with Gasteiger partial charge in [-0.1, -0.05) is 6.42 Å². The molecule has 0 aromatic carbocycles. The Balaban J connectivity index is 1.84. The molecule has 1 saturated carbocycles. The number of likely N-dealkylation sites (N-methyl/N-ethyl adjacent to an activating group) is 1. The molecule has 2 aliphatic rings. The molecule has 0 aromatic heterocycles. The van der Waals surface area contributed by atoms with Crippen molar-refractivity contribution in [2.24, 2.45) is 5.92 Å². The first-order valence-corrected chi connectivity index (χ1v) is 6.30. The van der Waals surface area contributed by atoms with Crippen LogP contribution in [0.5, 0.6) is 0 Å². The quantitative estimate of drug-likeness (QED) is 0.723. The molecule has 2 fully saturated rings. The molecular weight excluding hydrogens is 220 g/mol. The Bertz CT molecular complexity index is 319. The number of hydrogen-bond donors (Lipinski definition) is 2. The summed E-state index contributed by atoms with van der Waals surface area (Å²) in [6.45, 7) is 0.590. The van der Waals surface area contributed by atoms with Gasteiger partial charge in [0, 0.05) is 25.9 Å². The van der Waals surface area contributed by atoms with Crippen LogP contribution in [0, 0.1) is 5.92 Å². The number of rotatable bonds is 3. The third-order valence-electron chi connectivity index (χ3n) is 3.80. The maximum absolute atomic E-state index is 12.0. The summed E-state index contributed by atoms with van der Waals surface area (Å²) in [5, 5.41) is 12.4. The van der Waals surface area contributed by atoms with Crippen LogP contribution < -0.4 is 5.32 Å². The van der Waals surface area contributed by atoms with E-state index < -0.39 is 0 Å². The Labute approximate surface area is 101 Å². The van der Waals surface area contributed by atoms with Gasteiger partial charge in [0.05, 0.1) is 6.10 Å². The Kier molecular flexibility index (Phi) is 3.66. The van der Waals surface area contributed by atoms with Gasteiger partial charge in [-0.05, 0) is 19.3 Å². The van der Waals surface area contributed by atoms with Crippen LogP contribution in [-0.4, -0.2) is 47.6 Å². The van der Waals surface area contributed by atoms with Gasteiger partial charge < -0.3 is 15.3 Å². The highest BCUT2D eigenvalue weighted by Gasteiger charge is 2.32. The number of aliphatic hydroxyl groups excluding tert-OH is 1. The van der Waals surface area contributed by atoms with Gasteiger partial charge in [-0.3, -0.25) is 9.59 Å². The van der Waals surface area contributed by atoms with Crippen LogP contribution in [0.3, 0.4) is 0 Å². The number of nitrogens with zero attached hydrogens (tertiary/aromatic N) is 1. The third-order valence-corrected chi connectivity index (χ3v) is 3.80. The molecule has 0 bridgehead atoms. The molecule has 96 valence electrons. The van der Waals surface area contributed by atoms with Gasteiger partial charge in [0.25, 0.3) is 0 Å². The minimum Gasteiger partial charge on any atom is -0.393 e. The summed E-state index contributed by atoms with van der Waals surface area (Å²) in [6, 6.07) is -0.356. The monoisotopic (exact) mass is 240 g/mol. The van der Waals surface area contributed by atoms with Crippen molar-refractivity contribution in [2.75, 3.05) is 13.6 Å². The normalized spacial score (nSPS) is 32.6. The molecule has 1 saturated heterocycles. The van der Waals surface area contributed by atoms with Crippen LogP contribution in [0.2, 0.25) is 0 Å². The zero-order chi connectivity index (χ0) is 12.4. The molecule has 3 atom stereocenters. The second-order valence-electron chi connectivity index (χ2n) is 5.14. The second kappa shape index (κ2) is 5.04. The molecule has 0 aromatic rings. The first-order valence-electron chi connectivity index (χ1n) is 6.30. The van der Waals surface area contributed by atoms with E-state index in [-0.39, 0.29) is 29.9 Å². The van der Waals surface area contributed by atoms with Gasteiger partial charge in [-0.15, -0.1) is 0 Å². The highest BCUT2D eigenvalue weighted by atomic mass is 16.3. The molecule has 5 nitrogen and oxygen atoms in total. The van der Waals surface area contributed by atoms with E-state index in [4.69, 9.17) is 0 Å². The third kappa shape index (κ3) is 2.77. The van der Waals surface area contributed by atoms with E-state index >= 15 is 0 Å². The average molecular weight is 240 g/mol. The second-order valence-corrected chi connectivity index (χ2v) is 5.14. The summed E-state index contributed by atoms with van der Waals surface area (Å²) in [7, 11) is 1.75. The smallest absolute Gasteiger partial charge is 0.244 e. The van der Waals surface area contributed by atoms with Gasteiger partial charge in [0.2, 0.25) is 11.8 Å². The topological polar surface area (TPSA) is 69.6 Å².